The zero-order chi connectivity index (χ0) is 14.2. The zero-order valence-electron chi connectivity index (χ0n) is 10.5. The molecule has 1 unspecified atom stereocenters. The highest BCUT2D eigenvalue weighted by Crippen LogP contribution is 2.20. The SMILES string of the molecule is O=C(Cc1csc2nccn12)NC1(C(=O)O)CCOC1. The molecule has 0 aromatic carbocycles. The summed E-state index contributed by atoms with van der Waals surface area (Å²) in [6.45, 7) is 0.356. The van der Waals surface area contributed by atoms with Gasteiger partial charge in [0, 0.05) is 36.5 Å². The van der Waals surface area contributed by atoms with Gasteiger partial charge in [-0.15, -0.1) is 11.3 Å². The van der Waals surface area contributed by atoms with Crippen molar-refractivity contribution in [3.8, 4) is 0 Å². The molecule has 8 heteroatoms. The van der Waals surface area contributed by atoms with Gasteiger partial charge in [-0.3, -0.25) is 9.20 Å². The molecule has 1 aliphatic heterocycles. The van der Waals surface area contributed by atoms with Crippen molar-refractivity contribution >= 4 is 28.2 Å². The fourth-order valence-electron chi connectivity index (χ4n) is 2.26. The minimum absolute atomic E-state index is 0.0121. The van der Waals surface area contributed by atoms with E-state index in [0.29, 0.717) is 6.61 Å². The fraction of sp³-hybridized carbons (Fsp3) is 0.417. The van der Waals surface area contributed by atoms with Gasteiger partial charge in [0.1, 0.15) is 0 Å². The molecule has 2 N–H and O–H groups in total. The summed E-state index contributed by atoms with van der Waals surface area (Å²) in [4.78, 5) is 28.3. The average molecular weight is 295 g/mol. The molecule has 1 fully saturated rings. The van der Waals surface area contributed by atoms with Crippen LogP contribution in [0.3, 0.4) is 0 Å². The molecule has 3 heterocycles. The van der Waals surface area contributed by atoms with Gasteiger partial charge in [-0.05, 0) is 0 Å². The number of rotatable bonds is 4. The average Bonchev–Trinajstić information content (AvgIpc) is 3.07. The summed E-state index contributed by atoms with van der Waals surface area (Å²) in [5.74, 6) is -1.38. The van der Waals surface area contributed by atoms with Gasteiger partial charge >= 0.3 is 5.97 Å². The highest BCUT2D eigenvalue weighted by molar-refractivity contribution is 7.15. The summed E-state index contributed by atoms with van der Waals surface area (Å²) >= 11 is 1.44. The summed E-state index contributed by atoms with van der Waals surface area (Å²) in [6.07, 6.45) is 3.85. The Morgan fingerprint density at radius 2 is 2.45 bits per heavy atom. The van der Waals surface area contributed by atoms with Crippen LogP contribution in [-0.4, -0.2) is 45.1 Å². The van der Waals surface area contributed by atoms with Crippen molar-refractivity contribution in [2.75, 3.05) is 13.2 Å². The molecule has 1 aliphatic rings. The number of imidazole rings is 1. The van der Waals surface area contributed by atoms with Gasteiger partial charge in [0.25, 0.3) is 0 Å². The van der Waals surface area contributed by atoms with Gasteiger partial charge < -0.3 is 15.2 Å². The first-order chi connectivity index (χ1) is 9.61. The van der Waals surface area contributed by atoms with E-state index in [1.807, 2.05) is 9.78 Å². The van der Waals surface area contributed by atoms with Gasteiger partial charge in [0.2, 0.25) is 5.91 Å². The molecule has 0 saturated carbocycles. The molecule has 0 spiro atoms. The smallest absolute Gasteiger partial charge is 0.331 e. The molecule has 7 nitrogen and oxygen atoms in total. The lowest BCUT2D eigenvalue weighted by molar-refractivity contribution is -0.147. The number of fused-ring (bicyclic) bond motifs is 1. The molecule has 2 aromatic rings. The second-order valence-corrected chi connectivity index (χ2v) is 5.56. The second kappa shape index (κ2) is 4.88. The molecule has 0 bridgehead atoms. The number of carboxylic acids is 1. The number of aromatic nitrogens is 2. The highest BCUT2D eigenvalue weighted by atomic mass is 32.1. The van der Waals surface area contributed by atoms with E-state index in [9.17, 15) is 14.7 Å². The van der Waals surface area contributed by atoms with E-state index in [1.165, 1.54) is 11.3 Å². The molecule has 0 aliphatic carbocycles. The molecule has 0 radical (unpaired) electrons. The van der Waals surface area contributed by atoms with Gasteiger partial charge in [-0.25, -0.2) is 9.78 Å². The van der Waals surface area contributed by atoms with Gasteiger partial charge in [-0.2, -0.15) is 0 Å². The topological polar surface area (TPSA) is 92.9 Å². The van der Waals surface area contributed by atoms with E-state index < -0.39 is 11.5 Å². The lowest BCUT2D eigenvalue weighted by atomic mass is 9.99. The first kappa shape index (κ1) is 13.1. The van der Waals surface area contributed by atoms with Gasteiger partial charge in [0.15, 0.2) is 10.5 Å². The van der Waals surface area contributed by atoms with Crippen molar-refractivity contribution in [3.05, 3.63) is 23.5 Å². The maximum Gasteiger partial charge on any atom is 0.331 e. The number of nitrogens with zero attached hydrogens (tertiary/aromatic N) is 2. The van der Waals surface area contributed by atoms with Crippen LogP contribution in [0.5, 0.6) is 0 Å². The minimum Gasteiger partial charge on any atom is -0.479 e. The van der Waals surface area contributed by atoms with Crippen LogP contribution in [0, 0.1) is 0 Å². The molecule has 3 rings (SSSR count). The predicted molar refractivity (Wildman–Crippen MR) is 70.7 cm³/mol. The normalized spacial score (nSPS) is 22.2. The van der Waals surface area contributed by atoms with E-state index in [4.69, 9.17) is 4.74 Å². The molecule has 20 heavy (non-hydrogen) atoms. The largest absolute Gasteiger partial charge is 0.479 e. The van der Waals surface area contributed by atoms with Crippen LogP contribution in [0.25, 0.3) is 4.96 Å². The number of amides is 1. The Bertz CT molecular complexity index is 657. The van der Waals surface area contributed by atoms with Crippen molar-refractivity contribution in [1.82, 2.24) is 14.7 Å². The Labute approximate surface area is 118 Å². The lowest BCUT2D eigenvalue weighted by Gasteiger charge is -2.23. The summed E-state index contributed by atoms with van der Waals surface area (Å²) in [5, 5.41) is 13.7. The van der Waals surface area contributed by atoms with Gasteiger partial charge in [-0.1, -0.05) is 0 Å². The third-order valence-corrected chi connectivity index (χ3v) is 4.27. The number of thiazole rings is 1. The Morgan fingerprint density at radius 1 is 1.60 bits per heavy atom. The van der Waals surface area contributed by atoms with Crippen molar-refractivity contribution in [1.29, 1.82) is 0 Å². The molecule has 1 saturated heterocycles. The number of hydrogen-bond donors (Lipinski definition) is 2. The molecular formula is C12H13N3O4S. The summed E-state index contributed by atoms with van der Waals surface area (Å²) in [7, 11) is 0. The molecule has 1 atom stereocenters. The van der Waals surface area contributed by atoms with Crippen molar-refractivity contribution in [2.24, 2.45) is 0 Å². The van der Waals surface area contributed by atoms with Crippen molar-refractivity contribution in [3.63, 3.8) is 0 Å². The Morgan fingerprint density at radius 3 is 3.15 bits per heavy atom. The molecular weight excluding hydrogens is 282 g/mol. The highest BCUT2D eigenvalue weighted by Gasteiger charge is 2.43. The van der Waals surface area contributed by atoms with Crippen LogP contribution < -0.4 is 5.32 Å². The quantitative estimate of drug-likeness (QED) is 0.846. The summed E-state index contributed by atoms with van der Waals surface area (Å²) in [6, 6.07) is 0. The molecule has 106 valence electrons. The van der Waals surface area contributed by atoms with Crippen molar-refractivity contribution in [2.45, 2.75) is 18.4 Å². The van der Waals surface area contributed by atoms with Crippen LogP contribution in [0.4, 0.5) is 0 Å². The van der Waals surface area contributed by atoms with Crippen LogP contribution in [-0.2, 0) is 20.7 Å². The Kier molecular flexibility index (Phi) is 3.19. The number of aliphatic carboxylic acids is 1. The molecule has 1 amide bonds. The number of ether oxygens (including phenoxy) is 1. The van der Waals surface area contributed by atoms with E-state index in [0.717, 1.165) is 10.7 Å². The number of carboxylic acid groups (broad SMARTS) is 1. The maximum atomic E-state index is 12.1. The lowest BCUT2D eigenvalue weighted by Crippen LogP contribution is -2.55. The third kappa shape index (κ3) is 2.16. The minimum atomic E-state index is -1.29. The summed E-state index contributed by atoms with van der Waals surface area (Å²) < 4.78 is 6.93. The van der Waals surface area contributed by atoms with E-state index in [2.05, 4.69) is 10.3 Å². The number of carbonyl (C=O) groups is 2. The molecule has 2 aromatic heterocycles. The second-order valence-electron chi connectivity index (χ2n) is 4.72. The standard InChI is InChI=1S/C12H13N3O4S/c16-9(14-12(10(17)18)1-4-19-7-12)5-8-6-20-11-13-2-3-15(8)11/h2-3,6H,1,4-5,7H2,(H,14,16)(H,17,18). The fourth-order valence-corrected chi connectivity index (χ4v) is 3.11. The third-order valence-electron chi connectivity index (χ3n) is 3.37. The van der Waals surface area contributed by atoms with Crippen LogP contribution >= 0.6 is 11.3 Å². The van der Waals surface area contributed by atoms with Crippen molar-refractivity contribution < 1.29 is 19.4 Å². The van der Waals surface area contributed by atoms with Gasteiger partial charge in [0.05, 0.1) is 13.0 Å². The van der Waals surface area contributed by atoms with E-state index >= 15 is 0 Å². The van der Waals surface area contributed by atoms with E-state index in [1.54, 1.807) is 12.4 Å². The Hall–Kier alpha value is -1.93. The van der Waals surface area contributed by atoms with Crippen LogP contribution in [0.1, 0.15) is 12.1 Å². The van der Waals surface area contributed by atoms with Crippen LogP contribution in [0.2, 0.25) is 0 Å². The van der Waals surface area contributed by atoms with Crippen LogP contribution in [0.15, 0.2) is 17.8 Å². The summed E-state index contributed by atoms with van der Waals surface area (Å²) in [5.41, 5.74) is -0.499. The number of hydrogen-bond acceptors (Lipinski definition) is 5. The predicted octanol–water partition coefficient (Wildman–Crippen LogP) is 0.298. The Balaban J connectivity index is 1.74. The monoisotopic (exact) mass is 295 g/mol. The number of carbonyl (C=O) groups excluding carboxylic acids is 1. The first-order valence-electron chi connectivity index (χ1n) is 6.12. The van der Waals surface area contributed by atoms with E-state index in [-0.39, 0.29) is 25.4 Å². The first-order valence-corrected chi connectivity index (χ1v) is 7.00. The number of nitrogens with one attached hydrogen (secondary N) is 1. The maximum absolute atomic E-state index is 12.1. The zero-order valence-corrected chi connectivity index (χ0v) is 11.4.